The van der Waals surface area contributed by atoms with Crippen LogP contribution in [-0.2, 0) is 13.2 Å². The number of benzene rings is 1. The minimum Gasteiger partial charge on any atom is -0.497 e. The summed E-state index contributed by atoms with van der Waals surface area (Å²) in [4.78, 5) is 2.39. The van der Waals surface area contributed by atoms with Gasteiger partial charge in [-0.2, -0.15) is 5.10 Å². The maximum absolute atomic E-state index is 5.95. The van der Waals surface area contributed by atoms with E-state index in [4.69, 9.17) is 21.1 Å². The lowest BCUT2D eigenvalue weighted by Crippen LogP contribution is -2.28. The van der Waals surface area contributed by atoms with Gasteiger partial charge in [-0.1, -0.05) is 11.6 Å². The van der Waals surface area contributed by atoms with E-state index in [1.165, 1.54) is 12.8 Å². The van der Waals surface area contributed by atoms with E-state index < -0.39 is 0 Å². The smallest absolute Gasteiger partial charge is 0.123 e. The first kappa shape index (κ1) is 15.2. The zero-order valence-corrected chi connectivity index (χ0v) is 13.6. The molecule has 1 aromatic heterocycles. The van der Waals surface area contributed by atoms with Crippen LogP contribution >= 0.6 is 11.6 Å². The third-order valence-corrected chi connectivity index (χ3v) is 4.05. The zero-order chi connectivity index (χ0) is 15.5. The van der Waals surface area contributed by atoms with Gasteiger partial charge in [-0.05, 0) is 31.0 Å². The lowest BCUT2D eigenvalue weighted by molar-refractivity contribution is 0.186. The van der Waals surface area contributed by atoms with Gasteiger partial charge in [-0.25, -0.2) is 0 Å². The number of rotatable bonds is 7. The Labute approximate surface area is 135 Å². The summed E-state index contributed by atoms with van der Waals surface area (Å²) in [6, 6.07) is 6.49. The summed E-state index contributed by atoms with van der Waals surface area (Å²) in [7, 11) is 3.37. The average molecular weight is 322 g/mol. The number of hydrogen-bond acceptors (Lipinski definition) is 4. The summed E-state index contributed by atoms with van der Waals surface area (Å²) in [5.74, 6) is 1.72. The highest BCUT2D eigenvalue weighted by molar-refractivity contribution is 6.30. The molecule has 0 unspecified atom stereocenters. The monoisotopic (exact) mass is 321 g/mol. The topological polar surface area (TPSA) is 39.5 Å². The molecule has 1 heterocycles. The van der Waals surface area contributed by atoms with E-state index in [9.17, 15) is 0 Å². The van der Waals surface area contributed by atoms with E-state index in [2.05, 4.69) is 10.00 Å². The Balaban J connectivity index is 1.78. The van der Waals surface area contributed by atoms with Crippen LogP contribution in [-0.4, -0.2) is 34.9 Å². The molecule has 22 heavy (non-hydrogen) atoms. The SMILES string of the molecule is COc1ccc(OC)c(CN(Cn2cc(Cl)cn2)C2CC2)c1. The van der Waals surface area contributed by atoms with Crippen molar-refractivity contribution in [3.05, 3.63) is 41.2 Å². The Morgan fingerprint density at radius 1 is 1.32 bits per heavy atom. The van der Waals surface area contributed by atoms with Crippen LogP contribution in [0.3, 0.4) is 0 Å². The van der Waals surface area contributed by atoms with Crippen LogP contribution in [0.4, 0.5) is 0 Å². The van der Waals surface area contributed by atoms with Gasteiger partial charge < -0.3 is 9.47 Å². The van der Waals surface area contributed by atoms with Gasteiger partial charge in [0.2, 0.25) is 0 Å². The third kappa shape index (κ3) is 3.54. The lowest BCUT2D eigenvalue weighted by Gasteiger charge is -2.23. The molecule has 1 aromatic carbocycles. The van der Waals surface area contributed by atoms with Crippen LogP contribution < -0.4 is 9.47 Å². The van der Waals surface area contributed by atoms with E-state index in [1.807, 2.05) is 29.1 Å². The van der Waals surface area contributed by atoms with Crippen LogP contribution in [0, 0.1) is 0 Å². The van der Waals surface area contributed by atoms with Crippen LogP contribution in [0.5, 0.6) is 11.5 Å². The van der Waals surface area contributed by atoms with Gasteiger partial charge in [0.1, 0.15) is 11.5 Å². The summed E-state index contributed by atoms with van der Waals surface area (Å²) < 4.78 is 12.7. The predicted molar refractivity (Wildman–Crippen MR) is 85.3 cm³/mol. The van der Waals surface area contributed by atoms with Gasteiger partial charge in [0.05, 0.1) is 32.1 Å². The first-order valence-electron chi connectivity index (χ1n) is 7.32. The summed E-state index contributed by atoms with van der Waals surface area (Å²) in [5, 5.41) is 4.93. The van der Waals surface area contributed by atoms with Crippen molar-refractivity contribution in [1.29, 1.82) is 0 Å². The first-order chi connectivity index (χ1) is 10.7. The van der Waals surface area contributed by atoms with Crippen LogP contribution in [0.25, 0.3) is 0 Å². The number of halogens is 1. The van der Waals surface area contributed by atoms with Crippen LogP contribution in [0.1, 0.15) is 18.4 Å². The van der Waals surface area contributed by atoms with E-state index in [1.54, 1.807) is 20.4 Å². The first-order valence-corrected chi connectivity index (χ1v) is 7.70. The molecule has 1 aliphatic carbocycles. The van der Waals surface area contributed by atoms with Crippen molar-refractivity contribution in [2.24, 2.45) is 0 Å². The van der Waals surface area contributed by atoms with E-state index in [0.717, 1.165) is 30.3 Å². The molecular formula is C16H20ClN3O2. The van der Waals surface area contributed by atoms with Gasteiger partial charge in [0.25, 0.3) is 0 Å². The number of ether oxygens (including phenoxy) is 2. The standard InChI is InChI=1S/C16H20ClN3O2/c1-21-15-5-6-16(22-2)12(7-15)9-19(14-3-4-14)11-20-10-13(17)8-18-20/h5-8,10,14H,3-4,9,11H2,1-2H3. The molecule has 118 valence electrons. The summed E-state index contributed by atoms with van der Waals surface area (Å²) in [6.45, 7) is 1.51. The second kappa shape index (κ2) is 6.58. The molecular weight excluding hydrogens is 302 g/mol. The number of nitrogens with zero attached hydrogens (tertiary/aromatic N) is 3. The number of hydrogen-bond donors (Lipinski definition) is 0. The zero-order valence-electron chi connectivity index (χ0n) is 12.8. The van der Waals surface area contributed by atoms with Gasteiger partial charge in [-0.15, -0.1) is 0 Å². The molecule has 2 aromatic rings. The molecule has 0 saturated heterocycles. The van der Waals surface area contributed by atoms with E-state index in [-0.39, 0.29) is 0 Å². The van der Waals surface area contributed by atoms with Crippen molar-refractivity contribution in [3.8, 4) is 11.5 Å². The quantitative estimate of drug-likeness (QED) is 0.785. The molecule has 0 N–H and O–H groups in total. The predicted octanol–water partition coefficient (Wildman–Crippen LogP) is 3.18. The highest BCUT2D eigenvalue weighted by Gasteiger charge is 2.30. The Hall–Kier alpha value is -1.72. The fraction of sp³-hybridized carbons (Fsp3) is 0.438. The lowest BCUT2D eigenvalue weighted by atomic mass is 10.1. The second-order valence-corrected chi connectivity index (χ2v) is 5.93. The highest BCUT2D eigenvalue weighted by atomic mass is 35.5. The average Bonchev–Trinajstić information content (AvgIpc) is 3.30. The molecule has 0 aliphatic heterocycles. The minimum absolute atomic E-state index is 0.596. The molecule has 0 atom stereocenters. The summed E-state index contributed by atoms with van der Waals surface area (Å²) >= 11 is 5.95. The summed E-state index contributed by atoms with van der Waals surface area (Å²) in [5.41, 5.74) is 1.12. The Bertz CT molecular complexity index is 640. The fourth-order valence-corrected chi connectivity index (χ4v) is 2.72. The number of aromatic nitrogens is 2. The van der Waals surface area contributed by atoms with Gasteiger partial charge in [0, 0.05) is 24.3 Å². The maximum atomic E-state index is 5.95. The fourth-order valence-electron chi connectivity index (χ4n) is 2.56. The number of methoxy groups -OCH3 is 2. The van der Waals surface area contributed by atoms with Crippen molar-refractivity contribution in [3.63, 3.8) is 0 Å². The highest BCUT2D eigenvalue weighted by Crippen LogP contribution is 2.32. The molecule has 0 radical (unpaired) electrons. The molecule has 1 saturated carbocycles. The van der Waals surface area contributed by atoms with Crippen molar-refractivity contribution in [1.82, 2.24) is 14.7 Å². The van der Waals surface area contributed by atoms with Crippen LogP contribution in [0.2, 0.25) is 5.02 Å². The molecule has 1 fully saturated rings. The Kier molecular flexibility index (Phi) is 4.55. The van der Waals surface area contributed by atoms with Gasteiger partial charge in [0.15, 0.2) is 0 Å². The van der Waals surface area contributed by atoms with E-state index >= 15 is 0 Å². The third-order valence-electron chi connectivity index (χ3n) is 3.85. The molecule has 6 heteroatoms. The van der Waals surface area contributed by atoms with Gasteiger partial charge in [-0.3, -0.25) is 9.58 Å². The largest absolute Gasteiger partial charge is 0.497 e. The van der Waals surface area contributed by atoms with Crippen molar-refractivity contribution < 1.29 is 9.47 Å². The van der Waals surface area contributed by atoms with Crippen molar-refractivity contribution in [2.75, 3.05) is 14.2 Å². The molecule has 3 rings (SSSR count). The van der Waals surface area contributed by atoms with Crippen molar-refractivity contribution >= 4 is 11.6 Å². The molecule has 0 bridgehead atoms. The minimum atomic E-state index is 0.596. The van der Waals surface area contributed by atoms with E-state index in [0.29, 0.717) is 11.1 Å². The molecule has 1 aliphatic rings. The maximum Gasteiger partial charge on any atom is 0.123 e. The van der Waals surface area contributed by atoms with Crippen molar-refractivity contribution in [2.45, 2.75) is 32.1 Å². The van der Waals surface area contributed by atoms with Crippen LogP contribution in [0.15, 0.2) is 30.6 Å². The molecule has 5 nitrogen and oxygen atoms in total. The Morgan fingerprint density at radius 2 is 2.14 bits per heavy atom. The molecule has 0 spiro atoms. The normalized spacial score (nSPS) is 14.4. The summed E-state index contributed by atoms with van der Waals surface area (Å²) in [6.07, 6.45) is 5.96. The second-order valence-electron chi connectivity index (χ2n) is 5.50. The van der Waals surface area contributed by atoms with Gasteiger partial charge >= 0.3 is 0 Å². The Morgan fingerprint density at radius 3 is 2.73 bits per heavy atom. The molecule has 0 amide bonds.